The summed E-state index contributed by atoms with van der Waals surface area (Å²) in [7, 11) is 1.54. The van der Waals surface area contributed by atoms with E-state index in [1.54, 1.807) is 31.4 Å². The van der Waals surface area contributed by atoms with Crippen molar-refractivity contribution in [3.8, 4) is 5.75 Å². The molecule has 0 aliphatic heterocycles. The van der Waals surface area contributed by atoms with Crippen molar-refractivity contribution in [1.29, 1.82) is 0 Å². The van der Waals surface area contributed by atoms with E-state index in [1.165, 1.54) is 18.2 Å². The number of rotatable bonds is 5. The van der Waals surface area contributed by atoms with Gasteiger partial charge in [0.15, 0.2) is 5.78 Å². The van der Waals surface area contributed by atoms with Crippen molar-refractivity contribution in [3.05, 3.63) is 68.7 Å². The number of hydrogen-bond acceptors (Lipinski definition) is 4. The number of nitrogens with zero attached hydrogens (tertiary/aromatic N) is 1. The molecule has 0 N–H and O–H groups in total. The molecule has 0 aromatic heterocycles. The van der Waals surface area contributed by atoms with Crippen LogP contribution in [-0.4, -0.2) is 17.8 Å². The van der Waals surface area contributed by atoms with Crippen LogP contribution in [0.3, 0.4) is 0 Å². The SMILES string of the molecule is COc1cccc(CC(=O)c2cc(Cl)cc([N+](=O)[O-])c2)c1. The predicted octanol–water partition coefficient (Wildman–Crippen LogP) is 3.68. The van der Waals surface area contributed by atoms with Crippen LogP contribution in [0.2, 0.25) is 5.02 Å². The van der Waals surface area contributed by atoms with Crippen LogP contribution >= 0.6 is 11.6 Å². The van der Waals surface area contributed by atoms with Gasteiger partial charge in [-0.3, -0.25) is 14.9 Å². The second-order valence-corrected chi connectivity index (χ2v) is 4.84. The summed E-state index contributed by atoms with van der Waals surface area (Å²) in [6.45, 7) is 0. The van der Waals surface area contributed by atoms with Gasteiger partial charge in [-0.05, 0) is 23.8 Å². The van der Waals surface area contributed by atoms with Gasteiger partial charge >= 0.3 is 0 Å². The van der Waals surface area contributed by atoms with Crippen LogP contribution in [0.1, 0.15) is 15.9 Å². The number of carbonyl (C=O) groups is 1. The summed E-state index contributed by atoms with van der Waals surface area (Å²) in [5.74, 6) is 0.409. The molecule has 0 bridgehead atoms. The van der Waals surface area contributed by atoms with Crippen LogP contribution < -0.4 is 4.74 Å². The van der Waals surface area contributed by atoms with E-state index in [0.29, 0.717) is 5.75 Å². The number of nitro groups is 1. The maximum atomic E-state index is 12.2. The van der Waals surface area contributed by atoms with Crippen LogP contribution in [0.25, 0.3) is 0 Å². The lowest BCUT2D eigenvalue weighted by atomic mass is 10.0. The molecule has 0 saturated carbocycles. The first-order chi connectivity index (χ1) is 9.99. The third kappa shape index (κ3) is 3.79. The highest BCUT2D eigenvalue weighted by molar-refractivity contribution is 6.31. The quantitative estimate of drug-likeness (QED) is 0.480. The maximum Gasteiger partial charge on any atom is 0.271 e. The Bertz CT molecular complexity index is 700. The number of Topliss-reactive ketones (excluding diaryl/α,β-unsaturated/α-hetero) is 1. The molecular weight excluding hydrogens is 294 g/mol. The Balaban J connectivity index is 2.25. The first-order valence-electron chi connectivity index (χ1n) is 6.10. The molecule has 108 valence electrons. The highest BCUT2D eigenvalue weighted by Gasteiger charge is 2.14. The second kappa shape index (κ2) is 6.37. The van der Waals surface area contributed by atoms with E-state index in [4.69, 9.17) is 16.3 Å². The largest absolute Gasteiger partial charge is 0.497 e. The number of non-ortho nitro benzene ring substituents is 1. The van der Waals surface area contributed by atoms with E-state index >= 15 is 0 Å². The maximum absolute atomic E-state index is 12.2. The lowest BCUT2D eigenvalue weighted by Crippen LogP contribution is -2.04. The number of ketones is 1. The topological polar surface area (TPSA) is 69.4 Å². The molecule has 5 nitrogen and oxygen atoms in total. The van der Waals surface area contributed by atoms with Gasteiger partial charge in [-0.25, -0.2) is 0 Å². The number of halogens is 1. The molecule has 6 heteroatoms. The van der Waals surface area contributed by atoms with Crippen molar-refractivity contribution < 1.29 is 14.5 Å². The van der Waals surface area contributed by atoms with Gasteiger partial charge in [-0.2, -0.15) is 0 Å². The molecule has 0 atom stereocenters. The molecule has 21 heavy (non-hydrogen) atoms. The monoisotopic (exact) mass is 305 g/mol. The molecule has 0 saturated heterocycles. The summed E-state index contributed by atoms with van der Waals surface area (Å²) in [5.41, 5.74) is 0.787. The first kappa shape index (κ1) is 15.0. The fraction of sp³-hybridized carbons (Fsp3) is 0.133. The number of nitro benzene ring substituents is 1. The Hall–Kier alpha value is -2.40. The van der Waals surface area contributed by atoms with Crippen molar-refractivity contribution in [2.45, 2.75) is 6.42 Å². The minimum atomic E-state index is -0.575. The van der Waals surface area contributed by atoms with E-state index in [2.05, 4.69) is 0 Å². The van der Waals surface area contributed by atoms with E-state index in [1.807, 2.05) is 0 Å². The summed E-state index contributed by atoms with van der Waals surface area (Å²) in [6.07, 6.45) is 0.120. The van der Waals surface area contributed by atoms with Crippen LogP contribution in [0.5, 0.6) is 5.75 Å². The minimum Gasteiger partial charge on any atom is -0.497 e. The Labute approximate surface area is 126 Å². The Kier molecular flexibility index (Phi) is 4.55. The summed E-state index contributed by atoms with van der Waals surface area (Å²) >= 11 is 5.81. The minimum absolute atomic E-state index is 0.120. The Morgan fingerprint density at radius 2 is 2.05 bits per heavy atom. The van der Waals surface area contributed by atoms with Crippen molar-refractivity contribution >= 4 is 23.1 Å². The van der Waals surface area contributed by atoms with E-state index < -0.39 is 4.92 Å². The number of carbonyl (C=O) groups excluding carboxylic acids is 1. The highest BCUT2D eigenvalue weighted by atomic mass is 35.5. The van der Waals surface area contributed by atoms with Gasteiger partial charge in [0.1, 0.15) is 5.75 Å². The van der Waals surface area contributed by atoms with Gasteiger partial charge in [-0.1, -0.05) is 23.7 Å². The molecule has 0 heterocycles. The highest BCUT2D eigenvalue weighted by Crippen LogP contribution is 2.22. The number of hydrogen-bond donors (Lipinski definition) is 0. The zero-order valence-corrected chi connectivity index (χ0v) is 12.0. The first-order valence-corrected chi connectivity index (χ1v) is 6.48. The van der Waals surface area contributed by atoms with Gasteiger partial charge in [-0.15, -0.1) is 0 Å². The number of methoxy groups -OCH3 is 1. The van der Waals surface area contributed by atoms with Crippen LogP contribution in [0.4, 0.5) is 5.69 Å². The average Bonchev–Trinajstić information content (AvgIpc) is 2.46. The molecule has 0 spiro atoms. The third-order valence-corrected chi connectivity index (χ3v) is 3.13. The number of ether oxygens (including phenoxy) is 1. The van der Waals surface area contributed by atoms with E-state index in [9.17, 15) is 14.9 Å². The zero-order chi connectivity index (χ0) is 15.4. The molecule has 0 radical (unpaired) electrons. The molecule has 2 aromatic rings. The summed E-state index contributed by atoms with van der Waals surface area (Å²) in [6, 6.07) is 11.0. The smallest absolute Gasteiger partial charge is 0.271 e. The molecule has 0 unspecified atom stereocenters. The van der Waals surface area contributed by atoms with Crippen molar-refractivity contribution in [3.63, 3.8) is 0 Å². The lowest BCUT2D eigenvalue weighted by molar-refractivity contribution is -0.384. The molecule has 0 aliphatic rings. The van der Waals surface area contributed by atoms with Crippen molar-refractivity contribution in [2.75, 3.05) is 7.11 Å². The van der Waals surface area contributed by atoms with Crippen LogP contribution in [-0.2, 0) is 6.42 Å². The van der Waals surface area contributed by atoms with Gasteiger partial charge < -0.3 is 4.74 Å². The van der Waals surface area contributed by atoms with Crippen LogP contribution in [0, 0.1) is 10.1 Å². The second-order valence-electron chi connectivity index (χ2n) is 4.41. The molecule has 0 fully saturated rings. The molecule has 2 rings (SSSR count). The molecule has 2 aromatic carbocycles. The Morgan fingerprint density at radius 3 is 2.71 bits per heavy atom. The number of benzene rings is 2. The third-order valence-electron chi connectivity index (χ3n) is 2.91. The van der Waals surface area contributed by atoms with Crippen molar-refractivity contribution in [1.82, 2.24) is 0 Å². The van der Waals surface area contributed by atoms with Gasteiger partial charge in [0.05, 0.1) is 12.0 Å². The predicted molar refractivity (Wildman–Crippen MR) is 79.1 cm³/mol. The molecule has 0 amide bonds. The van der Waals surface area contributed by atoms with E-state index in [-0.39, 0.29) is 28.5 Å². The Morgan fingerprint density at radius 1 is 1.29 bits per heavy atom. The molecule has 0 aliphatic carbocycles. The molecular formula is C15H12ClNO4. The fourth-order valence-electron chi connectivity index (χ4n) is 1.91. The standard InChI is InChI=1S/C15H12ClNO4/c1-21-14-4-2-3-10(5-14)6-15(18)11-7-12(16)9-13(8-11)17(19)20/h2-5,7-9H,6H2,1H3. The van der Waals surface area contributed by atoms with E-state index in [0.717, 1.165) is 5.56 Å². The van der Waals surface area contributed by atoms with Crippen molar-refractivity contribution in [2.24, 2.45) is 0 Å². The normalized spacial score (nSPS) is 10.2. The van der Waals surface area contributed by atoms with Crippen LogP contribution in [0.15, 0.2) is 42.5 Å². The summed E-state index contributed by atoms with van der Waals surface area (Å²) in [5, 5.41) is 11.0. The van der Waals surface area contributed by atoms with Gasteiger partial charge in [0.25, 0.3) is 5.69 Å². The average molecular weight is 306 g/mol. The fourth-order valence-corrected chi connectivity index (χ4v) is 2.14. The zero-order valence-electron chi connectivity index (χ0n) is 11.2. The summed E-state index contributed by atoms with van der Waals surface area (Å²) in [4.78, 5) is 22.4. The summed E-state index contributed by atoms with van der Waals surface area (Å²) < 4.78 is 5.09. The van der Waals surface area contributed by atoms with Gasteiger partial charge in [0, 0.05) is 29.1 Å². The lowest BCUT2D eigenvalue weighted by Gasteiger charge is -2.05. The van der Waals surface area contributed by atoms with Gasteiger partial charge in [0.2, 0.25) is 0 Å².